The minimum absolute atomic E-state index is 0.0318. The van der Waals surface area contributed by atoms with Gasteiger partial charge in [0.25, 0.3) is 0 Å². The number of hydrogen-bond donors (Lipinski definition) is 0. The van der Waals surface area contributed by atoms with Gasteiger partial charge in [-0.05, 0) is 51.2 Å². The number of benzene rings is 1. The van der Waals surface area contributed by atoms with Crippen molar-refractivity contribution in [3.63, 3.8) is 0 Å². The summed E-state index contributed by atoms with van der Waals surface area (Å²) < 4.78 is 18.8. The third kappa shape index (κ3) is 13.0. The Morgan fingerprint density at radius 1 is 0.600 bits per heavy atom. The molecule has 1 aromatic rings. The lowest BCUT2D eigenvalue weighted by Gasteiger charge is -2.29. The molecule has 5 heteroatoms. The van der Waals surface area contributed by atoms with E-state index in [1.807, 2.05) is 24.3 Å². The average Bonchev–Trinajstić information content (AvgIpc) is 2.89. The van der Waals surface area contributed by atoms with Crippen LogP contribution in [0.3, 0.4) is 0 Å². The summed E-state index contributed by atoms with van der Waals surface area (Å²) in [5.74, 6) is 1.79. The van der Waals surface area contributed by atoms with Gasteiger partial charge in [0.15, 0.2) is 12.5 Å². The van der Waals surface area contributed by atoms with E-state index < -0.39 is 0 Å². The molecule has 0 amide bonds. The van der Waals surface area contributed by atoms with Gasteiger partial charge in [-0.15, -0.1) is 0 Å². The van der Waals surface area contributed by atoms with Gasteiger partial charge in [0.05, 0.1) is 13.2 Å². The fraction of sp³-hybridized carbons (Fsp3) is 0.800. The molecule has 2 aliphatic rings. The number of hydrogen-bond acceptors (Lipinski definition) is 5. The second kappa shape index (κ2) is 18.9. The van der Waals surface area contributed by atoms with Crippen LogP contribution in [0.1, 0.15) is 104 Å². The summed E-state index contributed by atoms with van der Waals surface area (Å²) in [6.45, 7) is 8.07. The molecule has 1 aromatic carbocycles. The molecule has 0 saturated carbocycles. The van der Waals surface area contributed by atoms with Gasteiger partial charge in [-0.3, -0.25) is 9.80 Å². The van der Waals surface area contributed by atoms with E-state index in [1.54, 1.807) is 0 Å². The number of fused-ring (bicyclic) bond motifs is 10. The summed E-state index contributed by atoms with van der Waals surface area (Å²) in [4.78, 5) is 4.70. The van der Waals surface area contributed by atoms with Crippen molar-refractivity contribution in [3.05, 3.63) is 24.3 Å². The van der Waals surface area contributed by atoms with Gasteiger partial charge in [0.1, 0.15) is 11.5 Å². The quantitative estimate of drug-likeness (QED) is 0.224. The van der Waals surface area contributed by atoms with Gasteiger partial charge in [0.2, 0.25) is 0 Å². The Balaban J connectivity index is 1.84. The van der Waals surface area contributed by atoms with Crippen LogP contribution in [0.25, 0.3) is 0 Å². The van der Waals surface area contributed by atoms with E-state index in [0.717, 1.165) is 37.4 Å². The Morgan fingerprint density at radius 3 is 1.37 bits per heavy atom. The Kier molecular flexibility index (Phi) is 16.2. The second-order valence-corrected chi connectivity index (χ2v) is 10.3. The summed E-state index contributed by atoms with van der Waals surface area (Å²) >= 11 is 0. The first kappa shape index (κ1) is 29.9. The average molecular weight is 491 g/mol. The minimum Gasteiger partial charge on any atom is -0.475 e. The molecule has 35 heavy (non-hydrogen) atoms. The molecule has 0 N–H and O–H groups in total. The van der Waals surface area contributed by atoms with Crippen molar-refractivity contribution < 1.29 is 14.2 Å². The van der Waals surface area contributed by atoms with E-state index in [0.29, 0.717) is 13.2 Å². The molecule has 202 valence electrons. The van der Waals surface area contributed by atoms with Crippen LogP contribution in [0.15, 0.2) is 24.3 Å². The van der Waals surface area contributed by atoms with Crippen molar-refractivity contribution >= 4 is 0 Å². The first-order chi connectivity index (χ1) is 17.1. The molecule has 0 aliphatic carbocycles. The van der Waals surface area contributed by atoms with Crippen molar-refractivity contribution in [1.29, 1.82) is 0 Å². The van der Waals surface area contributed by atoms with Gasteiger partial charge < -0.3 is 14.2 Å². The van der Waals surface area contributed by atoms with Crippen molar-refractivity contribution in [1.82, 2.24) is 9.80 Å². The highest BCUT2D eigenvalue weighted by molar-refractivity contribution is 5.31. The molecule has 2 bridgehead atoms. The van der Waals surface area contributed by atoms with Crippen LogP contribution < -0.4 is 9.47 Å². The predicted molar refractivity (Wildman–Crippen MR) is 147 cm³/mol. The summed E-state index contributed by atoms with van der Waals surface area (Å²) in [6, 6.07) is 8.18. The standard InChI is InChI=1S/C30H54N2O3/c1-5-7-9-11-13-15-23-31(3)29-21-25-33-26-22-30(32(4)24-16-14-12-10-8-6-2)35-28-19-17-27(34-29)18-20-28/h17-20,29-30H,5-16,21-26H2,1-4H3. The number of rotatable bonds is 16. The van der Waals surface area contributed by atoms with Crippen LogP contribution in [0.4, 0.5) is 0 Å². The van der Waals surface area contributed by atoms with E-state index in [2.05, 4.69) is 37.7 Å². The maximum Gasteiger partial charge on any atom is 0.154 e. The largest absolute Gasteiger partial charge is 0.475 e. The molecule has 2 unspecified atom stereocenters. The van der Waals surface area contributed by atoms with E-state index in [4.69, 9.17) is 14.2 Å². The summed E-state index contributed by atoms with van der Waals surface area (Å²) in [5, 5.41) is 0. The molecule has 2 aliphatic heterocycles. The van der Waals surface area contributed by atoms with Crippen molar-refractivity contribution in [2.75, 3.05) is 40.4 Å². The molecule has 0 fully saturated rings. The molecule has 0 saturated heterocycles. The fourth-order valence-electron chi connectivity index (χ4n) is 4.69. The molecular formula is C30H54N2O3. The Labute approximate surface area is 216 Å². The molecule has 0 aromatic heterocycles. The van der Waals surface area contributed by atoms with Crippen LogP contribution in [0, 0.1) is 0 Å². The normalized spacial score (nSPS) is 19.1. The number of ether oxygens (including phenoxy) is 3. The van der Waals surface area contributed by atoms with Crippen LogP contribution in [0.2, 0.25) is 0 Å². The Hall–Kier alpha value is -1.30. The SMILES string of the molecule is CCCCCCCCN(C)C1CCOCCC(N(C)CCCCCCCC)Oc2ccc(cc2)O1. The summed E-state index contributed by atoms with van der Waals surface area (Å²) in [6.07, 6.45) is 17.6. The third-order valence-corrected chi connectivity index (χ3v) is 7.10. The van der Waals surface area contributed by atoms with E-state index in [9.17, 15) is 0 Å². The van der Waals surface area contributed by atoms with Crippen LogP contribution in [-0.2, 0) is 4.74 Å². The zero-order valence-corrected chi connectivity index (χ0v) is 23.3. The fourth-order valence-corrected chi connectivity index (χ4v) is 4.69. The van der Waals surface area contributed by atoms with E-state index in [-0.39, 0.29) is 12.5 Å². The first-order valence-electron chi connectivity index (χ1n) is 14.6. The zero-order valence-electron chi connectivity index (χ0n) is 23.3. The lowest BCUT2D eigenvalue weighted by atomic mass is 10.1. The lowest BCUT2D eigenvalue weighted by Crippen LogP contribution is -2.39. The highest BCUT2D eigenvalue weighted by Crippen LogP contribution is 2.23. The van der Waals surface area contributed by atoms with Crippen molar-refractivity contribution in [2.45, 2.75) is 116 Å². The smallest absolute Gasteiger partial charge is 0.154 e. The molecule has 0 spiro atoms. The first-order valence-corrected chi connectivity index (χ1v) is 14.6. The highest BCUT2D eigenvalue weighted by Gasteiger charge is 2.20. The maximum atomic E-state index is 6.39. The predicted octanol–water partition coefficient (Wildman–Crippen LogP) is 7.49. The van der Waals surface area contributed by atoms with E-state index in [1.165, 1.54) is 77.0 Å². The summed E-state index contributed by atoms with van der Waals surface area (Å²) in [5.41, 5.74) is 0. The van der Waals surface area contributed by atoms with Gasteiger partial charge in [-0.2, -0.15) is 0 Å². The summed E-state index contributed by atoms with van der Waals surface area (Å²) in [7, 11) is 4.36. The Bertz CT molecular complexity index is 572. The van der Waals surface area contributed by atoms with Crippen LogP contribution in [-0.4, -0.2) is 62.7 Å². The number of nitrogens with zero attached hydrogens (tertiary/aromatic N) is 2. The molecular weight excluding hydrogens is 436 g/mol. The monoisotopic (exact) mass is 490 g/mol. The van der Waals surface area contributed by atoms with Crippen molar-refractivity contribution in [3.8, 4) is 11.5 Å². The van der Waals surface area contributed by atoms with Gasteiger partial charge in [-0.1, -0.05) is 78.1 Å². The molecule has 3 rings (SSSR count). The van der Waals surface area contributed by atoms with Gasteiger partial charge in [0, 0.05) is 25.9 Å². The molecule has 0 radical (unpaired) electrons. The highest BCUT2D eigenvalue weighted by atomic mass is 16.5. The van der Waals surface area contributed by atoms with Gasteiger partial charge >= 0.3 is 0 Å². The maximum absolute atomic E-state index is 6.39. The molecule has 2 heterocycles. The number of unbranched alkanes of at least 4 members (excludes halogenated alkanes) is 10. The third-order valence-electron chi connectivity index (χ3n) is 7.10. The Morgan fingerprint density at radius 2 is 0.971 bits per heavy atom. The second-order valence-electron chi connectivity index (χ2n) is 10.3. The topological polar surface area (TPSA) is 34.2 Å². The zero-order chi connectivity index (χ0) is 25.1. The van der Waals surface area contributed by atoms with Crippen molar-refractivity contribution in [2.24, 2.45) is 0 Å². The lowest BCUT2D eigenvalue weighted by molar-refractivity contribution is -0.00985. The van der Waals surface area contributed by atoms with Crippen LogP contribution >= 0.6 is 0 Å². The van der Waals surface area contributed by atoms with Crippen LogP contribution in [0.5, 0.6) is 11.5 Å². The van der Waals surface area contributed by atoms with Gasteiger partial charge in [-0.25, -0.2) is 0 Å². The molecule has 5 nitrogen and oxygen atoms in total. The molecule has 2 atom stereocenters. The van der Waals surface area contributed by atoms with E-state index >= 15 is 0 Å². The minimum atomic E-state index is 0.0318.